The zero-order valence-electron chi connectivity index (χ0n) is 27.3. The maximum atomic E-state index is 13.4. The molecule has 0 spiro atoms. The number of carbonyl (C=O) groups excluding carboxylic acids is 2. The van der Waals surface area contributed by atoms with E-state index >= 15 is 0 Å². The monoisotopic (exact) mass is 627 g/mol. The fourth-order valence-electron chi connectivity index (χ4n) is 5.07. The third kappa shape index (κ3) is 15.8. The summed E-state index contributed by atoms with van der Waals surface area (Å²) in [7, 11) is 0. The van der Waals surface area contributed by atoms with Crippen LogP contribution in [0.3, 0.4) is 0 Å². The number of carboxylic acids is 2. The number of hydrogen-bond donors (Lipinski definition) is 4. The largest absolute Gasteiger partial charge is 0.481 e. The first kappa shape index (κ1) is 39.4. The number of hydrogen-bond acceptors (Lipinski definition) is 6. The Bertz CT molecular complexity index is 1130. The molecule has 0 unspecified atom stereocenters. The molecule has 0 bridgehead atoms. The Kier molecular flexibility index (Phi) is 20.0. The lowest BCUT2D eigenvalue weighted by Gasteiger charge is -2.30. The molecule has 3 atom stereocenters. The average molecular weight is 628 g/mol. The van der Waals surface area contributed by atoms with E-state index in [0.717, 1.165) is 38.5 Å². The Morgan fingerprint density at radius 1 is 0.911 bits per heavy atom. The summed E-state index contributed by atoms with van der Waals surface area (Å²) in [6, 6.07) is 5.38. The number of ketones is 1. The van der Waals surface area contributed by atoms with Crippen LogP contribution in [0.4, 0.5) is 0 Å². The SMILES string of the molecule is CC#CCOc1ccc(C[C@H](NC(=O)[C@@H](C=CCCCCCCC(=O)CCCCCCC)[C@@](O)(CCC)C(=O)O)C(=O)O)cc1. The van der Waals surface area contributed by atoms with Gasteiger partial charge in [0, 0.05) is 19.3 Å². The maximum Gasteiger partial charge on any atom is 0.336 e. The van der Waals surface area contributed by atoms with Gasteiger partial charge >= 0.3 is 11.9 Å². The summed E-state index contributed by atoms with van der Waals surface area (Å²) in [6.45, 7) is 5.80. The summed E-state index contributed by atoms with van der Waals surface area (Å²) in [6.07, 6.45) is 14.0. The predicted octanol–water partition coefficient (Wildman–Crippen LogP) is 6.26. The number of ether oxygens (including phenoxy) is 1. The van der Waals surface area contributed by atoms with Crippen LogP contribution in [-0.2, 0) is 25.6 Å². The lowest BCUT2D eigenvalue weighted by molar-refractivity contribution is -0.167. The van der Waals surface area contributed by atoms with Crippen LogP contribution in [0.15, 0.2) is 36.4 Å². The summed E-state index contributed by atoms with van der Waals surface area (Å²) >= 11 is 0. The number of nitrogens with one attached hydrogen (secondary N) is 1. The molecule has 0 aliphatic carbocycles. The number of carboxylic acid groups (broad SMARTS) is 2. The van der Waals surface area contributed by atoms with Gasteiger partial charge in [0.2, 0.25) is 5.91 Å². The van der Waals surface area contributed by atoms with E-state index in [9.17, 15) is 34.5 Å². The second-order valence-corrected chi connectivity index (χ2v) is 11.5. The standard InChI is InChI=1S/C36H53NO8/c1-4-7-9-12-15-18-29(38)19-16-13-10-11-14-17-20-31(36(44,25-6-3)35(42)43)33(39)37-32(34(40)41)27-28-21-23-30(24-22-28)45-26-8-5-2/h17,20-24,31-32,44H,4,6-7,9-16,18-19,25-27H2,1-3H3,(H,37,39)(H,40,41)(H,42,43)/t31-,32+,36+/m1/s1. The molecule has 0 aromatic heterocycles. The Labute approximate surface area is 268 Å². The molecule has 250 valence electrons. The summed E-state index contributed by atoms with van der Waals surface area (Å²) in [4.78, 5) is 49.6. The number of amides is 1. The highest BCUT2D eigenvalue weighted by Gasteiger charge is 2.46. The van der Waals surface area contributed by atoms with Crippen molar-refractivity contribution in [2.24, 2.45) is 5.92 Å². The molecular weight excluding hydrogens is 574 g/mol. The van der Waals surface area contributed by atoms with E-state index in [1.807, 2.05) is 0 Å². The molecule has 0 radical (unpaired) electrons. The Balaban J connectivity index is 2.76. The highest BCUT2D eigenvalue weighted by molar-refractivity contribution is 5.92. The van der Waals surface area contributed by atoms with Crippen molar-refractivity contribution < 1.29 is 39.2 Å². The molecule has 1 amide bonds. The highest BCUT2D eigenvalue weighted by Crippen LogP contribution is 2.27. The second-order valence-electron chi connectivity index (χ2n) is 11.5. The highest BCUT2D eigenvalue weighted by atomic mass is 16.5. The minimum atomic E-state index is -2.39. The van der Waals surface area contributed by atoms with Gasteiger partial charge in [-0.3, -0.25) is 9.59 Å². The first-order valence-corrected chi connectivity index (χ1v) is 16.4. The van der Waals surface area contributed by atoms with Crippen LogP contribution in [0.2, 0.25) is 0 Å². The van der Waals surface area contributed by atoms with Gasteiger partial charge in [0.15, 0.2) is 5.60 Å². The summed E-state index contributed by atoms with van der Waals surface area (Å²) in [5, 5.41) is 33.2. The lowest BCUT2D eigenvalue weighted by Crippen LogP contribution is -2.54. The zero-order valence-corrected chi connectivity index (χ0v) is 27.3. The van der Waals surface area contributed by atoms with Crippen molar-refractivity contribution in [2.45, 2.75) is 129 Å². The van der Waals surface area contributed by atoms with E-state index in [0.29, 0.717) is 42.8 Å². The molecule has 0 saturated heterocycles. The van der Waals surface area contributed by atoms with Gasteiger partial charge in [-0.05, 0) is 56.7 Å². The van der Waals surface area contributed by atoms with Gasteiger partial charge in [0.05, 0.1) is 5.92 Å². The van der Waals surface area contributed by atoms with Crippen molar-refractivity contribution in [3.05, 3.63) is 42.0 Å². The van der Waals surface area contributed by atoms with Gasteiger partial charge in [0.1, 0.15) is 24.2 Å². The Morgan fingerprint density at radius 2 is 1.53 bits per heavy atom. The van der Waals surface area contributed by atoms with Crippen molar-refractivity contribution in [3.8, 4) is 17.6 Å². The second kappa shape index (κ2) is 22.8. The number of benzene rings is 1. The fourth-order valence-corrected chi connectivity index (χ4v) is 5.07. The number of Topliss-reactive ketones (excluding diaryl/α,β-unsaturated/α-hetero) is 1. The van der Waals surface area contributed by atoms with Crippen molar-refractivity contribution in [1.29, 1.82) is 0 Å². The van der Waals surface area contributed by atoms with E-state index in [1.54, 1.807) is 44.2 Å². The topological polar surface area (TPSA) is 150 Å². The third-order valence-electron chi connectivity index (χ3n) is 7.73. The van der Waals surface area contributed by atoms with E-state index in [-0.39, 0.29) is 19.4 Å². The number of aliphatic hydroxyl groups is 1. The van der Waals surface area contributed by atoms with Crippen LogP contribution in [0.25, 0.3) is 0 Å². The minimum Gasteiger partial charge on any atom is -0.481 e. The Hall–Kier alpha value is -3.64. The van der Waals surface area contributed by atoms with Crippen LogP contribution in [0, 0.1) is 17.8 Å². The smallest absolute Gasteiger partial charge is 0.336 e. The van der Waals surface area contributed by atoms with Crippen molar-refractivity contribution in [1.82, 2.24) is 5.32 Å². The number of unbranched alkanes of at least 4 members (excludes halogenated alkanes) is 8. The molecular formula is C36H53NO8. The van der Waals surface area contributed by atoms with Gasteiger partial charge in [0.25, 0.3) is 0 Å². The number of carbonyl (C=O) groups is 4. The number of allylic oxidation sites excluding steroid dienone is 1. The molecule has 9 nitrogen and oxygen atoms in total. The molecule has 0 fully saturated rings. The molecule has 0 aliphatic heterocycles. The fraction of sp³-hybridized carbons (Fsp3) is 0.611. The molecule has 9 heteroatoms. The molecule has 1 aromatic rings. The van der Waals surface area contributed by atoms with E-state index in [1.165, 1.54) is 25.3 Å². The Morgan fingerprint density at radius 3 is 2.09 bits per heavy atom. The average Bonchev–Trinajstić information content (AvgIpc) is 3.00. The molecule has 1 rings (SSSR count). The van der Waals surface area contributed by atoms with Crippen LogP contribution >= 0.6 is 0 Å². The van der Waals surface area contributed by atoms with Crippen molar-refractivity contribution in [2.75, 3.05) is 6.61 Å². The minimum absolute atomic E-state index is 0.0484. The van der Waals surface area contributed by atoms with Crippen molar-refractivity contribution in [3.63, 3.8) is 0 Å². The van der Waals surface area contributed by atoms with Crippen molar-refractivity contribution >= 4 is 23.6 Å². The van der Waals surface area contributed by atoms with Gasteiger partial charge in [-0.15, -0.1) is 5.92 Å². The van der Waals surface area contributed by atoms with E-state index in [4.69, 9.17) is 4.74 Å². The molecule has 0 heterocycles. The molecule has 0 aliphatic rings. The summed E-state index contributed by atoms with van der Waals surface area (Å²) < 4.78 is 5.47. The number of aliphatic carboxylic acids is 2. The predicted molar refractivity (Wildman–Crippen MR) is 175 cm³/mol. The molecule has 45 heavy (non-hydrogen) atoms. The first-order valence-electron chi connectivity index (χ1n) is 16.4. The van der Waals surface area contributed by atoms with Crippen LogP contribution in [-0.4, -0.2) is 57.2 Å². The zero-order chi connectivity index (χ0) is 33.5. The summed E-state index contributed by atoms with van der Waals surface area (Å²) in [5.74, 6) is 1.21. The van der Waals surface area contributed by atoms with Gasteiger partial charge < -0.3 is 25.4 Å². The molecule has 1 aromatic carbocycles. The van der Waals surface area contributed by atoms with Gasteiger partial charge in [-0.1, -0.05) is 89.0 Å². The van der Waals surface area contributed by atoms with Crippen LogP contribution in [0.1, 0.15) is 116 Å². The number of rotatable bonds is 25. The molecule has 4 N–H and O–H groups in total. The summed E-state index contributed by atoms with van der Waals surface area (Å²) in [5.41, 5.74) is -1.77. The quantitative estimate of drug-likeness (QED) is 0.0564. The lowest BCUT2D eigenvalue weighted by atomic mass is 9.82. The van der Waals surface area contributed by atoms with E-state index < -0.39 is 35.4 Å². The third-order valence-corrected chi connectivity index (χ3v) is 7.73. The van der Waals surface area contributed by atoms with Gasteiger partial charge in [-0.25, -0.2) is 9.59 Å². The maximum absolute atomic E-state index is 13.4. The van der Waals surface area contributed by atoms with Gasteiger partial charge in [-0.2, -0.15) is 0 Å². The van der Waals surface area contributed by atoms with Crippen LogP contribution < -0.4 is 10.1 Å². The normalized spacial score (nSPS) is 13.7. The first-order chi connectivity index (χ1) is 21.6. The van der Waals surface area contributed by atoms with Crippen LogP contribution in [0.5, 0.6) is 5.75 Å². The van der Waals surface area contributed by atoms with E-state index in [2.05, 4.69) is 24.1 Å². The molecule has 0 saturated carbocycles.